The number of aliphatic imine (C=N–C) groups is 1. The quantitative estimate of drug-likeness (QED) is 0.220. The van der Waals surface area contributed by atoms with E-state index in [9.17, 15) is 19.2 Å². The van der Waals surface area contributed by atoms with Crippen LogP contribution in [0.25, 0.3) is 0 Å². The highest BCUT2D eigenvalue weighted by Gasteiger charge is 2.36. The Morgan fingerprint density at radius 1 is 0.867 bits per heavy atom. The number of rotatable bonds is 5. The van der Waals surface area contributed by atoms with Crippen molar-refractivity contribution in [3.8, 4) is 5.75 Å². The zero-order chi connectivity index (χ0) is 32.1. The molecule has 2 heterocycles. The summed E-state index contributed by atoms with van der Waals surface area (Å²) in [4.78, 5) is 59.1. The molecule has 1 unspecified atom stereocenters. The van der Waals surface area contributed by atoms with Crippen molar-refractivity contribution in [2.24, 2.45) is 4.99 Å². The topological polar surface area (TPSA) is 127 Å². The van der Waals surface area contributed by atoms with Crippen LogP contribution in [0, 0.1) is 0 Å². The zero-order valence-electron chi connectivity index (χ0n) is 25.7. The largest absolute Gasteiger partial charge is 0.513 e. The lowest BCUT2D eigenvalue weighted by molar-refractivity contribution is -0.115. The van der Waals surface area contributed by atoms with Gasteiger partial charge >= 0.3 is 12.2 Å². The van der Waals surface area contributed by atoms with Crippen LogP contribution in [0.4, 0.5) is 21.0 Å². The molecule has 0 aliphatic carbocycles. The lowest BCUT2D eigenvalue weighted by Gasteiger charge is -2.26. The number of hydrogen-bond acceptors (Lipinski definition) is 8. The van der Waals surface area contributed by atoms with Gasteiger partial charge < -0.3 is 29.3 Å². The number of anilines is 1. The fourth-order valence-corrected chi connectivity index (χ4v) is 5.25. The average molecular weight is 613 g/mol. The Morgan fingerprint density at radius 2 is 1.56 bits per heavy atom. The van der Waals surface area contributed by atoms with Gasteiger partial charge in [0.05, 0.1) is 18.5 Å². The summed E-state index contributed by atoms with van der Waals surface area (Å²) in [5.41, 5.74) is 2.99. The lowest BCUT2D eigenvalue weighted by Crippen LogP contribution is -2.40. The molecule has 11 heteroatoms. The van der Waals surface area contributed by atoms with Gasteiger partial charge in [-0.15, -0.1) is 0 Å². The molecule has 0 spiro atoms. The molecule has 3 amide bonds. The Kier molecular flexibility index (Phi) is 9.17. The van der Waals surface area contributed by atoms with Crippen molar-refractivity contribution in [3.05, 3.63) is 89.5 Å². The van der Waals surface area contributed by atoms with E-state index in [0.717, 1.165) is 5.56 Å². The number of fused-ring (bicyclic) bond motifs is 1. The van der Waals surface area contributed by atoms with Crippen molar-refractivity contribution in [1.29, 1.82) is 0 Å². The van der Waals surface area contributed by atoms with E-state index in [1.54, 1.807) is 52.3 Å². The van der Waals surface area contributed by atoms with Crippen molar-refractivity contribution in [2.75, 3.05) is 38.6 Å². The number of carbonyl (C=O) groups is 4. The first kappa shape index (κ1) is 31.2. The molecule has 0 saturated carbocycles. The second kappa shape index (κ2) is 13.2. The maximum Gasteiger partial charge on any atom is 0.513 e. The molecular weight excluding hydrogens is 576 g/mol. The van der Waals surface area contributed by atoms with E-state index in [2.05, 4.69) is 10.1 Å². The molecule has 45 heavy (non-hydrogen) atoms. The monoisotopic (exact) mass is 612 g/mol. The van der Waals surface area contributed by atoms with Gasteiger partial charge in [0, 0.05) is 43.5 Å². The number of nitrogens with one attached hydrogen (secondary N) is 1. The summed E-state index contributed by atoms with van der Waals surface area (Å²) in [5.74, 6) is -0.881. The number of amides is 3. The summed E-state index contributed by atoms with van der Waals surface area (Å²) in [7, 11) is 1.22. The van der Waals surface area contributed by atoms with E-state index in [0.29, 0.717) is 60.8 Å². The summed E-state index contributed by atoms with van der Waals surface area (Å²) in [6.07, 6.45) is -0.584. The first-order valence-corrected chi connectivity index (χ1v) is 14.7. The fraction of sp³-hybridized carbons (Fsp3) is 0.324. The van der Waals surface area contributed by atoms with Crippen LogP contribution in [-0.4, -0.2) is 78.5 Å². The molecule has 2 aliphatic rings. The minimum Gasteiger partial charge on any atom is -0.444 e. The van der Waals surface area contributed by atoms with Gasteiger partial charge in [0.2, 0.25) is 5.91 Å². The zero-order valence-corrected chi connectivity index (χ0v) is 25.7. The highest BCUT2D eigenvalue weighted by molar-refractivity contribution is 6.24. The van der Waals surface area contributed by atoms with Gasteiger partial charge in [-0.05, 0) is 68.7 Å². The Bertz CT molecular complexity index is 1610. The molecule has 1 atom stereocenters. The standard InChI is InChI=1S/C34H36N4O7/c1-34(2,3)45-32(41)38-18-8-17-37(19-20-38)31(40)23-11-13-24(14-12-23)35-29(22-9-6-5-7-10-22)28-26-16-15-25(44-33(42)43-4)21-27(26)36-30(28)39/h5-7,9-16,21,28H,8,17-20H2,1-4H3,(H,36,39). The molecule has 11 nitrogen and oxygen atoms in total. The summed E-state index contributed by atoms with van der Waals surface area (Å²) in [5, 5.41) is 2.87. The average Bonchev–Trinajstić information content (AvgIpc) is 3.16. The Labute approximate surface area is 261 Å². The number of benzene rings is 3. The van der Waals surface area contributed by atoms with Crippen LogP contribution in [0.5, 0.6) is 5.75 Å². The lowest BCUT2D eigenvalue weighted by atomic mass is 9.90. The molecule has 1 fully saturated rings. The van der Waals surface area contributed by atoms with Crippen molar-refractivity contribution in [2.45, 2.75) is 38.7 Å². The highest BCUT2D eigenvalue weighted by atomic mass is 16.7. The van der Waals surface area contributed by atoms with Crippen LogP contribution >= 0.6 is 0 Å². The van der Waals surface area contributed by atoms with E-state index < -0.39 is 17.7 Å². The molecule has 0 bridgehead atoms. The molecule has 0 radical (unpaired) electrons. The molecule has 1 saturated heterocycles. The maximum atomic E-state index is 13.4. The number of nitrogens with zero attached hydrogens (tertiary/aromatic N) is 3. The Morgan fingerprint density at radius 3 is 2.24 bits per heavy atom. The van der Waals surface area contributed by atoms with Crippen molar-refractivity contribution >= 4 is 41.1 Å². The summed E-state index contributed by atoms with van der Waals surface area (Å²) in [6.45, 7) is 7.33. The van der Waals surface area contributed by atoms with Gasteiger partial charge in [-0.1, -0.05) is 36.4 Å². The predicted molar refractivity (Wildman–Crippen MR) is 168 cm³/mol. The first-order valence-electron chi connectivity index (χ1n) is 14.7. The van der Waals surface area contributed by atoms with Gasteiger partial charge in [0.25, 0.3) is 5.91 Å². The van der Waals surface area contributed by atoms with Gasteiger partial charge in [-0.2, -0.15) is 0 Å². The summed E-state index contributed by atoms with van der Waals surface area (Å²) < 4.78 is 15.2. The van der Waals surface area contributed by atoms with Crippen LogP contribution in [0.1, 0.15) is 54.6 Å². The Balaban J connectivity index is 1.36. The normalized spacial score (nSPS) is 16.8. The van der Waals surface area contributed by atoms with E-state index in [1.165, 1.54) is 7.11 Å². The number of carbonyl (C=O) groups excluding carboxylic acids is 4. The van der Waals surface area contributed by atoms with E-state index in [1.807, 2.05) is 51.1 Å². The van der Waals surface area contributed by atoms with Crippen molar-refractivity contribution in [3.63, 3.8) is 0 Å². The fourth-order valence-electron chi connectivity index (χ4n) is 5.25. The molecular formula is C34H36N4O7. The van der Waals surface area contributed by atoms with Crippen LogP contribution in [0.3, 0.4) is 0 Å². The molecule has 1 N–H and O–H groups in total. The van der Waals surface area contributed by atoms with Crippen molar-refractivity contribution < 1.29 is 33.4 Å². The van der Waals surface area contributed by atoms with Crippen LogP contribution in [0.15, 0.2) is 77.8 Å². The second-order valence-corrected chi connectivity index (χ2v) is 11.8. The molecule has 2 aliphatic heterocycles. The van der Waals surface area contributed by atoms with E-state index >= 15 is 0 Å². The van der Waals surface area contributed by atoms with Gasteiger partial charge in [-0.25, -0.2) is 9.59 Å². The van der Waals surface area contributed by atoms with E-state index in [4.69, 9.17) is 14.5 Å². The molecule has 3 aromatic rings. The maximum absolute atomic E-state index is 13.4. The second-order valence-electron chi connectivity index (χ2n) is 11.8. The number of hydrogen-bond donors (Lipinski definition) is 1. The third-order valence-electron chi connectivity index (χ3n) is 7.37. The van der Waals surface area contributed by atoms with Gasteiger partial charge in [0.1, 0.15) is 17.3 Å². The minimum atomic E-state index is -0.858. The molecule has 5 rings (SSSR count). The molecule has 234 valence electrons. The van der Waals surface area contributed by atoms with Crippen LogP contribution in [-0.2, 0) is 14.3 Å². The molecule has 3 aromatic carbocycles. The smallest absolute Gasteiger partial charge is 0.444 e. The number of ether oxygens (including phenoxy) is 3. The van der Waals surface area contributed by atoms with Crippen molar-refractivity contribution in [1.82, 2.24) is 9.80 Å². The predicted octanol–water partition coefficient (Wildman–Crippen LogP) is 5.77. The third kappa shape index (κ3) is 7.49. The molecule has 0 aromatic heterocycles. The third-order valence-corrected chi connectivity index (χ3v) is 7.37. The van der Waals surface area contributed by atoms with Crippen LogP contribution in [0.2, 0.25) is 0 Å². The van der Waals surface area contributed by atoms with Gasteiger partial charge in [0.15, 0.2) is 0 Å². The first-order chi connectivity index (χ1) is 21.5. The van der Waals surface area contributed by atoms with E-state index in [-0.39, 0.29) is 23.7 Å². The summed E-state index contributed by atoms with van der Waals surface area (Å²) in [6, 6.07) is 21.2. The highest BCUT2D eigenvalue weighted by Crippen LogP contribution is 2.38. The minimum absolute atomic E-state index is 0.131. The van der Waals surface area contributed by atoms with Crippen LogP contribution < -0.4 is 10.1 Å². The summed E-state index contributed by atoms with van der Waals surface area (Å²) >= 11 is 0. The SMILES string of the molecule is COC(=O)Oc1ccc2c(c1)NC(=O)C2C(=Nc1ccc(C(=O)N2CCCN(C(=O)OC(C)(C)C)CC2)cc1)c1ccccc1. The van der Waals surface area contributed by atoms with Gasteiger partial charge in [-0.3, -0.25) is 14.6 Å². The Hall–Kier alpha value is -5.19. The number of methoxy groups -OCH3 is 1.